The van der Waals surface area contributed by atoms with Crippen LogP contribution in [0.25, 0.3) is 0 Å². The van der Waals surface area contributed by atoms with Crippen molar-refractivity contribution in [2.24, 2.45) is 0 Å². The fraction of sp³-hybridized carbons (Fsp3) is 0.448. The lowest BCUT2D eigenvalue weighted by molar-refractivity contribution is -0.265. The first-order chi connectivity index (χ1) is 19.0. The molecule has 3 N–H and O–H groups in total. The maximum atomic E-state index is 14.2. The van der Waals surface area contributed by atoms with Crippen molar-refractivity contribution in [3.8, 4) is 11.8 Å². The second-order valence-electron chi connectivity index (χ2n) is 9.75. The fourth-order valence-electron chi connectivity index (χ4n) is 4.77. The monoisotopic (exact) mass is 560 g/mol. The molecule has 8 nitrogen and oxygen atoms in total. The number of rotatable bonds is 12. The molecule has 1 atom stereocenters. The van der Waals surface area contributed by atoms with Crippen LogP contribution < -0.4 is 15.4 Å². The number of hydrogen-bond donors (Lipinski definition) is 3. The summed E-state index contributed by atoms with van der Waals surface area (Å²) in [5.41, 5.74) is -0.713. The predicted molar refractivity (Wildman–Crippen MR) is 146 cm³/mol. The number of methoxy groups -OCH3 is 1. The first-order valence-electron chi connectivity index (χ1n) is 13.0. The summed E-state index contributed by atoms with van der Waals surface area (Å²) in [5, 5.41) is 26.2. The number of nitriles is 1. The molecule has 3 rings (SSSR count). The van der Waals surface area contributed by atoms with Gasteiger partial charge in [0.2, 0.25) is 0 Å². The first-order valence-corrected chi connectivity index (χ1v) is 13.0. The molecule has 1 saturated heterocycles. The Morgan fingerprint density at radius 1 is 1.23 bits per heavy atom. The molecule has 216 valence electrons. The predicted octanol–water partition coefficient (Wildman–Crippen LogP) is 4.64. The minimum absolute atomic E-state index is 0.0121. The molecular formula is C29H35F3N4O4. The van der Waals surface area contributed by atoms with Crippen LogP contribution in [-0.2, 0) is 22.4 Å². The van der Waals surface area contributed by atoms with Crippen LogP contribution in [0.3, 0.4) is 0 Å². The van der Waals surface area contributed by atoms with Gasteiger partial charge in [-0.15, -0.1) is 0 Å². The van der Waals surface area contributed by atoms with Crippen LogP contribution in [-0.4, -0.2) is 67.1 Å². The molecule has 1 heterocycles. The van der Waals surface area contributed by atoms with Crippen molar-refractivity contribution in [2.75, 3.05) is 44.0 Å². The van der Waals surface area contributed by atoms with Crippen LogP contribution in [0.4, 0.5) is 24.5 Å². The number of alkyl halides is 3. The largest absolute Gasteiger partial charge is 0.495 e. The molecule has 2 aromatic rings. The van der Waals surface area contributed by atoms with Gasteiger partial charge in [-0.3, -0.25) is 9.69 Å². The molecule has 11 heteroatoms. The van der Waals surface area contributed by atoms with E-state index in [0.717, 1.165) is 11.3 Å². The topological polar surface area (TPSA) is 107 Å². The Bertz CT molecular complexity index is 1220. The number of hydrogen-bond acceptors (Lipinski definition) is 8. The number of nitrogens with one attached hydrogen (secondary N) is 2. The number of esters is 1. The number of benzene rings is 2. The average Bonchev–Trinajstić information content (AvgIpc) is 2.91. The number of nitrogens with zero attached hydrogens (tertiary/aromatic N) is 2. The van der Waals surface area contributed by atoms with Gasteiger partial charge in [-0.2, -0.15) is 18.4 Å². The molecule has 0 saturated carbocycles. The zero-order valence-corrected chi connectivity index (χ0v) is 22.7. The van der Waals surface area contributed by atoms with E-state index in [9.17, 15) is 23.1 Å². The first kappa shape index (κ1) is 30.8. The molecule has 0 aromatic heterocycles. The number of aliphatic hydroxyl groups is 1. The summed E-state index contributed by atoms with van der Waals surface area (Å²) in [4.78, 5) is 13.4. The third-order valence-electron chi connectivity index (χ3n) is 6.86. The van der Waals surface area contributed by atoms with E-state index in [4.69, 9.17) is 14.7 Å². The van der Waals surface area contributed by atoms with Gasteiger partial charge in [-0.05, 0) is 61.4 Å². The highest BCUT2D eigenvalue weighted by Gasteiger charge is 2.54. The van der Waals surface area contributed by atoms with Crippen LogP contribution in [0.5, 0.6) is 5.75 Å². The number of carbonyl (C=O) groups excluding carboxylic acids is 1. The maximum Gasteiger partial charge on any atom is 0.418 e. The van der Waals surface area contributed by atoms with Crippen LogP contribution >= 0.6 is 0 Å². The maximum absolute atomic E-state index is 14.2. The van der Waals surface area contributed by atoms with Crippen LogP contribution in [0.15, 0.2) is 49.2 Å². The third-order valence-corrected chi connectivity index (χ3v) is 6.86. The molecule has 0 amide bonds. The molecule has 40 heavy (non-hydrogen) atoms. The highest BCUT2D eigenvalue weighted by molar-refractivity contribution is 5.73. The van der Waals surface area contributed by atoms with Gasteiger partial charge in [0.1, 0.15) is 5.75 Å². The quantitative estimate of drug-likeness (QED) is 0.323. The number of ether oxygens (including phenoxy) is 2. The molecule has 0 bridgehead atoms. The summed E-state index contributed by atoms with van der Waals surface area (Å²) in [6.07, 6.45) is -3.00. The Morgan fingerprint density at radius 3 is 2.55 bits per heavy atom. The van der Waals surface area contributed by atoms with Gasteiger partial charge in [-0.1, -0.05) is 18.7 Å². The Morgan fingerprint density at radius 2 is 1.95 bits per heavy atom. The van der Waals surface area contributed by atoms with E-state index in [1.54, 1.807) is 24.0 Å². The van der Waals surface area contributed by atoms with E-state index in [1.165, 1.54) is 31.5 Å². The number of β-amino-alcohol motifs (C(OH)–C–C–N with tert-alkyl or cyclic N) is 1. The fourth-order valence-corrected chi connectivity index (χ4v) is 4.77. The van der Waals surface area contributed by atoms with Crippen molar-refractivity contribution in [2.45, 2.75) is 50.4 Å². The second-order valence-corrected chi connectivity index (χ2v) is 9.75. The van der Waals surface area contributed by atoms with Gasteiger partial charge in [0.05, 0.1) is 37.5 Å². The van der Waals surface area contributed by atoms with Crippen molar-refractivity contribution in [1.82, 2.24) is 4.90 Å². The van der Waals surface area contributed by atoms with E-state index in [-0.39, 0.29) is 29.6 Å². The van der Waals surface area contributed by atoms with Crippen LogP contribution in [0, 0.1) is 11.3 Å². The van der Waals surface area contributed by atoms with Gasteiger partial charge < -0.3 is 25.2 Å². The van der Waals surface area contributed by atoms with Crippen molar-refractivity contribution in [3.63, 3.8) is 0 Å². The number of likely N-dealkylation sites (tertiary alicyclic amines) is 1. The van der Waals surface area contributed by atoms with E-state index < -0.39 is 24.7 Å². The molecule has 1 aliphatic heterocycles. The van der Waals surface area contributed by atoms with Crippen molar-refractivity contribution < 1.29 is 32.5 Å². The van der Waals surface area contributed by atoms with Crippen molar-refractivity contribution in [1.29, 1.82) is 5.26 Å². The SMILES string of the molecule is C=CNc1cc(C#N)ccc1CC(O)(CN1CCC(Nc2ccc(CC(=O)OCC)cc2OC)CC1)C(F)(F)F. The smallest absolute Gasteiger partial charge is 0.418 e. The Kier molecular flexibility index (Phi) is 10.4. The summed E-state index contributed by atoms with van der Waals surface area (Å²) >= 11 is 0. The number of anilines is 2. The number of piperidine rings is 1. The van der Waals surface area contributed by atoms with E-state index in [2.05, 4.69) is 17.2 Å². The van der Waals surface area contributed by atoms with Gasteiger partial charge >= 0.3 is 12.1 Å². The lowest BCUT2D eigenvalue weighted by Gasteiger charge is -2.39. The second kappa shape index (κ2) is 13.5. The van der Waals surface area contributed by atoms with Crippen molar-refractivity contribution >= 4 is 17.3 Å². The zero-order valence-electron chi connectivity index (χ0n) is 22.7. The van der Waals surface area contributed by atoms with E-state index in [1.807, 2.05) is 12.1 Å². The van der Waals surface area contributed by atoms with Crippen molar-refractivity contribution in [3.05, 3.63) is 65.9 Å². The summed E-state index contributed by atoms with van der Waals surface area (Å²) < 4.78 is 53.0. The summed E-state index contributed by atoms with van der Waals surface area (Å²) in [6, 6.07) is 11.6. The lowest BCUT2D eigenvalue weighted by Crippen LogP contribution is -2.56. The Labute approximate surface area is 232 Å². The molecule has 0 spiro atoms. The molecular weight excluding hydrogens is 525 g/mol. The van der Waals surface area contributed by atoms with Gasteiger partial charge in [-0.25, -0.2) is 0 Å². The molecule has 1 fully saturated rings. The molecule has 0 radical (unpaired) electrons. The molecule has 0 aliphatic carbocycles. The molecule has 2 aromatic carbocycles. The minimum atomic E-state index is -4.87. The van der Waals surface area contributed by atoms with Gasteiger partial charge in [0.25, 0.3) is 0 Å². The highest BCUT2D eigenvalue weighted by atomic mass is 19.4. The van der Waals surface area contributed by atoms with E-state index >= 15 is 0 Å². The summed E-state index contributed by atoms with van der Waals surface area (Å²) in [7, 11) is 1.53. The van der Waals surface area contributed by atoms with E-state index in [0.29, 0.717) is 44.0 Å². The van der Waals surface area contributed by atoms with Gasteiger partial charge in [0, 0.05) is 37.8 Å². The number of halogens is 3. The average molecular weight is 561 g/mol. The standard InChI is InChI=1S/C29H35F3N4O4/c1-4-34-25-14-21(18-33)6-8-22(25)17-28(38,29(30,31)32)19-36-12-10-23(11-13-36)35-24-9-7-20(15-26(24)39-3)16-27(37)40-5-2/h4,6-9,14-15,23,34-35,38H,1,5,10-13,16-17,19H2,2-3H3. The Balaban J connectivity index is 1.65. The number of carbonyl (C=O) groups is 1. The molecule has 1 unspecified atom stereocenters. The normalized spacial score (nSPS) is 15.9. The van der Waals surface area contributed by atoms with Gasteiger partial charge in [0.15, 0.2) is 5.60 Å². The minimum Gasteiger partial charge on any atom is -0.495 e. The highest BCUT2D eigenvalue weighted by Crippen LogP contribution is 2.37. The Hall–Kier alpha value is -3.75. The summed E-state index contributed by atoms with van der Waals surface area (Å²) in [5.74, 6) is 0.228. The lowest BCUT2D eigenvalue weighted by atomic mass is 9.90. The van der Waals surface area contributed by atoms with Crippen LogP contribution in [0.1, 0.15) is 36.5 Å². The third kappa shape index (κ3) is 7.90. The zero-order chi connectivity index (χ0) is 29.3. The summed E-state index contributed by atoms with van der Waals surface area (Å²) in [6.45, 7) is 5.71. The van der Waals surface area contributed by atoms with Crippen LogP contribution in [0.2, 0.25) is 0 Å². The molecule has 1 aliphatic rings.